The van der Waals surface area contributed by atoms with Gasteiger partial charge in [-0.1, -0.05) is 18.2 Å². The molecular weight excluding hydrogens is 182 g/mol. The molecule has 1 N–H and O–H groups in total. The van der Waals surface area contributed by atoms with Gasteiger partial charge >= 0.3 is 5.97 Å². The van der Waals surface area contributed by atoms with E-state index < -0.39 is 11.9 Å². The first kappa shape index (κ1) is 8.74. The van der Waals surface area contributed by atoms with Gasteiger partial charge < -0.3 is 10.0 Å². The summed E-state index contributed by atoms with van der Waals surface area (Å²) in [7, 11) is 0. The molecule has 0 saturated carbocycles. The molecule has 0 aliphatic carbocycles. The van der Waals surface area contributed by atoms with Crippen molar-refractivity contribution in [2.75, 3.05) is 11.4 Å². The molecule has 4 heteroatoms. The second-order valence-electron chi connectivity index (χ2n) is 3.21. The Morgan fingerprint density at radius 3 is 2.86 bits per heavy atom. The molecule has 4 nitrogen and oxygen atoms in total. The minimum absolute atomic E-state index is 0.234. The van der Waals surface area contributed by atoms with Crippen molar-refractivity contribution in [3.8, 4) is 0 Å². The van der Waals surface area contributed by atoms with Crippen molar-refractivity contribution < 1.29 is 14.7 Å². The average Bonchev–Trinajstić information content (AvgIpc) is 2.56. The third-order valence-electron chi connectivity index (χ3n) is 2.43. The van der Waals surface area contributed by atoms with Gasteiger partial charge in [0, 0.05) is 12.2 Å². The molecule has 0 radical (unpaired) electrons. The number of aliphatic carboxylic acids is 1. The molecule has 0 saturated heterocycles. The molecule has 2 rings (SSSR count). The number of rotatable bonds is 2. The number of anilines is 1. The maximum Gasteiger partial charge on any atom is 0.312 e. The highest BCUT2D eigenvalue weighted by Gasteiger charge is 2.32. The van der Waals surface area contributed by atoms with E-state index in [2.05, 4.69) is 0 Å². The van der Waals surface area contributed by atoms with E-state index in [1.54, 1.807) is 24.3 Å². The summed E-state index contributed by atoms with van der Waals surface area (Å²) in [4.78, 5) is 23.0. The summed E-state index contributed by atoms with van der Waals surface area (Å²) in [6.07, 6.45) is 0.668. The summed E-state index contributed by atoms with van der Waals surface area (Å²) in [6, 6.07) is 7.08. The highest BCUT2D eigenvalue weighted by Crippen LogP contribution is 2.34. The van der Waals surface area contributed by atoms with Crippen molar-refractivity contribution in [1.82, 2.24) is 0 Å². The zero-order valence-electron chi connectivity index (χ0n) is 7.38. The van der Waals surface area contributed by atoms with Gasteiger partial charge in [0.05, 0.1) is 0 Å². The lowest BCUT2D eigenvalue weighted by Gasteiger charge is -2.08. The Morgan fingerprint density at radius 2 is 2.21 bits per heavy atom. The molecule has 0 bridgehead atoms. The quantitative estimate of drug-likeness (QED) is 0.704. The number of carbonyl (C=O) groups excluding carboxylic acids is 1. The van der Waals surface area contributed by atoms with Crippen LogP contribution in [0.2, 0.25) is 0 Å². The Hall–Kier alpha value is -1.84. The zero-order chi connectivity index (χ0) is 10.1. The Bertz CT molecular complexity index is 389. The summed E-state index contributed by atoms with van der Waals surface area (Å²) in [5.41, 5.74) is 1.42. The number of fused-ring (bicyclic) bond motifs is 1. The largest absolute Gasteiger partial charge is 0.481 e. The molecule has 1 unspecified atom stereocenters. The Labute approximate surface area is 80.8 Å². The molecule has 0 aromatic heterocycles. The number of para-hydroxylation sites is 1. The number of benzene rings is 1. The van der Waals surface area contributed by atoms with Crippen LogP contribution in [0.1, 0.15) is 11.5 Å². The lowest BCUT2D eigenvalue weighted by atomic mass is 10.0. The van der Waals surface area contributed by atoms with E-state index in [-0.39, 0.29) is 6.54 Å². The third-order valence-corrected chi connectivity index (χ3v) is 2.43. The van der Waals surface area contributed by atoms with Crippen LogP contribution >= 0.6 is 0 Å². The maximum absolute atomic E-state index is 10.9. The van der Waals surface area contributed by atoms with E-state index in [9.17, 15) is 9.59 Å². The van der Waals surface area contributed by atoms with Crippen LogP contribution in [0.5, 0.6) is 0 Å². The molecule has 0 fully saturated rings. The molecular formula is C10H9NO3. The number of carboxylic acid groups (broad SMARTS) is 1. The number of amides is 1. The van der Waals surface area contributed by atoms with E-state index in [4.69, 9.17) is 5.11 Å². The fourth-order valence-electron chi connectivity index (χ4n) is 1.75. The Morgan fingerprint density at radius 1 is 1.50 bits per heavy atom. The fourth-order valence-corrected chi connectivity index (χ4v) is 1.75. The van der Waals surface area contributed by atoms with E-state index >= 15 is 0 Å². The van der Waals surface area contributed by atoms with Crippen LogP contribution < -0.4 is 4.90 Å². The predicted molar refractivity (Wildman–Crippen MR) is 50.2 cm³/mol. The van der Waals surface area contributed by atoms with E-state index in [0.717, 1.165) is 0 Å². The molecule has 1 aromatic carbocycles. The first-order valence-corrected chi connectivity index (χ1v) is 4.27. The molecule has 1 aliphatic rings. The number of carbonyl (C=O) groups is 2. The van der Waals surface area contributed by atoms with Gasteiger partial charge in [0.1, 0.15) is 5.92 Å². The highest BCUT2D eigenvalue weighted by molar-refractivity contribution is 5.89. The summed E-state index contributed by atoms with van der Waals surface area (Å²) in [5.74, 6) is -1.47. The Balaban J connectivity index is 2.48. The molecule has 1 amide bonds. The van der Waals surface area contributed by atoms with Crippen LogP contribution in [-0.2, 0) is 9.59 Å². The maximum atomic E-state index is 10.9. The molecule has 1 aromatic rings. The van der Waals surface area contributed by atoms with Crippen LogP contribution in [0, 0.1) is 0 Å². The van der Waals surface area contributed by atoms with Crippen molar-refractivity contribution in [3.05, 3.63) is 29.8 Å². The molecule has 1 atom stereocenters. The molecule has 1 aliphatic heterocycles. The smallest absolute Gasteiger partial charge is 0.312 e. The van der Waals surface area contributed by atoms with Crippen molar-refractivity contribution in [2.24, 2.45) is 0 Å². The number of hydrogen-bond donors (Lipinski definition) is 1. The summed E-state index contributed by atoms with van der Waals surface area (Å²) >= 11 is 0. The van der Waals surface area contributed by atoms with Gasteiger partial charge in [-0.3, -0.25) is 9.59 Å². The fraction of sp³-hybridized carbons (Fsp3) is 0.200. The van der Waals surface area contributed by atoms with Crippen LogP contribution in [-0.4, -0.2) is 24.0 Å². The molecule has 0 spiro atoms. The van der Waals surface area contributed by atoms with Crippen molar-refractivity contribution in [3.63, 3.8) is 0 Å². The lowest BCUT2D eigenvalue weighted by molar-refractivity contribution is -0.138. The standard InChI is InChI=1S/C10H9NO3/c12-6-11-5-8(10(13)14)7-3-1-2-4-9(7)11/h1-4,6,8H,5H2,(H,13,14). The minimum Gasteiger partial charge on any atom is -0.481 e. The molecule has 72 valence electrons. The second kappa shape index (κ2) is 3.14. The third kappa shape index (κ3) is 1.16. The van der Waals surface area contributed by atoms with E-state index in [0.29, 0.717) is 17.7 Å². The van der Waals surface area contributed by atoms with Crippen LogP contribution in [0.15, 0.2) is 24.3 Å². The van der Waals surface area contributed by atoms with Gasteiger partial charge in [-0.2, -0.15) is 0 Å². The summed E-state index contributed by atoms with van der Waals surface area (Å²) in [6.45, 7) is 0.234. The number of carboxylic acids is 1. The molecule has 14 heavy (non-hydrogen) atoms. The zero-order valence-corrected chi connectivity index (χ0v) is 7.38. The van der Waals surface area contributed by atoms with E-state index in [1.807, 2.05) is 0 Å². The van der Waals surface area contributed by atoms with Crippen molar-refractivity contribution in [2.45, 2.75) is 5.92 Å². The number of hydrogen-bond acceptors (Lipinski definition) is 2. The summed E-state index contributed by atoms with van der Waals surface area (Å²) < 4.78 is 0. The summed E-state index contributed by atoms with van der Waals surface area (Å²) in [5, 5.41) is 8.93. The predicted octanol–water partition coefficient (Wildman–Crippen LogP) is 0.831. The number of nitrogens with zero attached hydrogens (tertiary/aromatic N) is 1. The van der Waals surface area contributed by atoms with Crippen molar-refractivity contribution >= 4 is 18.1 Å². The van der Waals surface area contributed by atoms with Gasteiger partial charge in [0.25, 0.3) is 0 Å². The van der Waals surface area contributed by atoms with E-state index in [1.165, 1.54) is 4.90 Å². The molecule has 1 heterocycles. The van der Waals surface area contributed by atoms with Gasteiger partial charge in [0.2, 0.25) is 6.41 Å². The normalized spacial score (nSPS) is 19.1. The highest BCUT2D eigenvalue weighted by atomic mass is 16.4. The first-order valence-electron chi connectivity index (χ1n) is 4.27. The van der Waals surface area contributed by atoms with Crippen LogP contribution in [0.3, 0.4) is 0 Å². The van der Waals surface area contributed by atoms with Crippen LogP contribution in [0.4, 0.5) is 5.69 Å². The topological polar surface area (TPSA) is 57.6 Å². The van der Waals surface area contributed by atoms with Gasteiger partial charge in [0.15, 0.2) is 0 Å². The van der Waals surface area contributed by atoms with Gasteiger partial charge in [-0.15, -0.1) is 0 Å². The second-order valence-corrected chi connectivity index (χ2v) is 3.21. The monoisotopic (exact) mass is 191 g/mol. The van der Waals surface area contributed by atoms with Gasteiger partial charge in [-0.25, -0.2) is 0 Å². The first-order chi connectivity index (χ1) is 6.74. The van der Waals surface area contributed by atoms with Crippen molar-refractivity contribution in [1.29, 1.82) is 0 Å². The average molecular weight is 191 g/mol. The van der Waals surface area contributed by atoms with Gasteiger partial charge in [-0.05, 0) is 11.6 Å². The van der Waals surface area contributed by atoms with Crippen LogP contribution in [0.25, 0.3) is 0 Å². The SMILES string of the molecule is O=CN1CC(C(=O)O)c2ccccc21. The lowest BCUT2D eigenvalue weighted by Crippen LogP contribution is -2.22. The Kier molecular flexibility index (Phi) is 1.96. The minimum atomic E-state index is -0.887.